The van der Waals surface area contributed by atoms with Crippen LogP contribution in [0.4, 0.5) is 18.9 Å². The SMILES string of the molecule is O=C(Nc1ccccc1OC(F)F)c1ccc(F)nc1. The number of rotatable bonds is 4. The normalized spacial score (nSPS) is 10.4. The molecule has 0 fully saturated rings. The summed E-state index contributed by atoms with van der Waals surface area (Å²) in [5.41, 5.74) is 0.181. The van der Waals surface area contributed by atoms with Crippen molar-refractivity contribution in [1.82, 2.24) is 4.98 Å². The van der Waals surface area contributed by atoms with Gasteiger partial charge >= 0.3 is 6.61 Å². The van der Waals surface area contributed by atoms with Crippen molar-refractivity contribution in [2.45, 2.75) is 6.61 Å². The van der Waals surface area contributed by atoms with Gasteiger partial charge in [-0.1, -0.05) is 12.1 Å². The van der Waals surface area contributed by atoms with Gasteiger partial charge in [0.05, 0.1) is 11.3 Å². The Labute approximate surface area is 112 Å². The molecule has 1 heterocycles. The minimum absolute atomic E-state index is 0.0853. The third-order valence-electron chi connectivity index (χ3n) is 2.34. The highest BCUT2D eigenvalue weighted by atomic mass is 19.3. The number of carbonyl (C=O) groups excluding carboxylic acids is 1. The molecule has 1 aromatic carbocycles. The molecule has 0 unspecified atom stereocenters. The molecule has 2 rings (SSSR count). The average molecular weight is 282 g/mol. The number of anilines is 1. The fraction of sp³-hybridized carbons (Fsp3) is 0.0769. The van der Waals surface area contributed by atoms with Crippen molar-refractivity contribution in [2.24, 2.45) is 0 Å². The van der Waals surface area contributed by atoms with Crippen LogP contribution in [-0.2, 0) is 0 Å². The number of hydrogen-bond donors (Lipinski definition) is 1. The van der Waals surface area contributed by atoms with Gasteiger partial charge in [-0.2, -0.15) is 13.2 Å². The minimum Gasteiger partial charge on any atom is -0.433 e. The van der Waals surface area contributed by atoms with Crippen molar-refractivity contribution in [2.75, 3.05) is 5.32 Å². The lowest BCUT2D eigenvalue weighted by Crippen LogP contribution is -2.14. The Kier molecular flexibility index (Phi) is 4.19. The van der Waals surface area contributed by atoms with Gasteiger partial charge in [0.1, 0.15) is 5.75 Å². The molecular formula is C13H9F3N2O2. The first-order valence-corrected chi connectivity index (χ1v) is 5.53. The number of alkyl halides is 2. The van der Waals surface area contributed by atoms with Crippen LogP contribution in [0.5, 0.6) is 5.75 Å². The van der Waals surface area contributed by atoms with Gasteiger partial charge in [0.15, 0.2) is 0 Å². The Morgan fingerprint density at radius 2 is 1.95 bits per heavy atom. The highest BCUT2D eigenvalue weighted by Crippen LogP contribution is 2.25. The van der Waals surface area contributed by atoms with E-state index >= 15 is 0 Å². The number of para-hydroxylation sites is 2. The number of halogens is 3. The molecule has 4 nitrogen and oxygen atoms in total. The zero-order valence-electron chi connectivity index (χ0n) is 10.0. The summed E-state index contributed by atoms with van der Waals surface area (Å²) in [6.07, 6.45) is 1.04. The maximum atomic E-state index is 12.6. The summed E-state index contributed by atoms with van der Waals surface area (Å²) < 4.78 is 41.4. The number of hydrogen-bond acceptors (Lipinski definition) is 3. The summed E-state index contributed by atoms with van der Waals surface area (Å²) in [5.74, 6) is -1.49. The second-order valence-electron chi connectivity index (χ2n) is 3.70. The van der Waals surface area contributed by atoms with Crippen molar-refractivity contribution >= 4 is 11.6 Å². The first-order chi connectivity index (χ1) is 9.56. The molecule has 0 saturated carbocycles. The molecule has 1 aromatic heterocycles. The van der Waals surface area contributed by atoms with Gasteiger partial charge in [-0.05, 0) is 24.3 Å². The molecule has 20 heavy (non-hydrogen) atoms. The summed E-state index contributed by atoms with van der Waals surface area (Å²) in [6.45, 7) is -3.00. The topological polar surface area (TPSA) is 51.2 Å². The number of amides is 1. The predicted molar refractivity (Wildman–Crippen MR) is 65.2 cm³/mol. The standard InChI is InChI=1S/C13H9F3N2O2/c14-11-6-5-8(7-17-11)12(19)18-9-3-1-2-4-10(9)20-13(15)16/h1-7,13H,(H,18,19). The number of nitrogens with one attached hydrogen (secondary N) is 1. The summed E-state index contributed by atoms with van der Waals surface area (Å²) in [5, 5.41) is 2.39. The van der Waals surface area contributed by atoms with Gasteiger partial charge < -0.3 is 10.1 Å². The first kappa shape index (κ1) is 13.9. The highest BCUT2D eigenvalue weighted by Gasteiger charge is 2.12. The van der Waals surface area contributed by atoms with E-state index in [0.29, 0.717) is 0 Å². The van der Waals surface area contributed by atoms with Crippen LogP contribution >= 0.6 is 0 Å². The van der Waals surface area contributed by atoms with E-state index < -0.39 is 18.5 Å². The number of pyridine rings is 1. The number of carbonyl (C=O) groups is 1. The molecule has 0 spiro atoms. The second-order valence-corrected chi connectivity index (χ2v) is 3.70. The van der Waals surface area contributed by atoms with Crippen LogP contribution in [-0.4, -0.2) is 17.5 Å². The first-order valence-electron chi connectivity index (χ1n) is 5.53. The fourth-order valence-corrected chi connectivity index (χ4v) is 1.47. The lowest BCUT2D eigenvalue weighted by molar-refractivity contribution is -0.0493. The quantitative estimate of drug-likeness (QED) is 0.877. The van der Waals surface area contributed by atoms with Crippen molar-refractivity contribution in [3.05, 3.63) is 54.1 Å². The smallest absolute Gasteiger partial charge is 0.387 e. The predicted octanol–water partition coefficient (Wildman–Crippen LogP) is 3.07. The van der Waals surface area contributed by atoms with Gasteiger partial charge in [-0.3, -0.25) is 4.79 Å². The molecule has 1 N–H and O–H groups in total. The van der Waals surface area contributed by atoms with Crippen LogP contribution < -0.4 is 10.1 Å². The number of benzene rings is 1. The molecule has 0 bridgehead atoms. The lowest BCUT2D eigenvalue weighted by atomic mass is 10.2. The summed E-state index contributed by atoms with van der Waals surface area (Å²) in [6, 6.07) is 8.01. The van der Waals surface area contributed by atoms with Gasteiger partial charge in [0, 0.05) is 6.20 Å². The molecule has 0 aliphatic carbocycles. The second kappa shape index (κ2) is 6.05. The Morgan fingerprint density at radius 1 is 1.20 bits per heavy atom. The van der Waals surface area contributed by atoms with E-state index in [1.807, 2.05) is 0 Å². The van der Waals surface area contributed by atoms with Crippen LogP contribution in [0.15, 0.2) is 42.6 Å². The number of aromatic nitrogens is 1. The van der Waals surface area contributed by atoms with Crippen LogP contribution in [0.2, 0.25) is 0 Å². The Morgan fingerprint density at radius 3 is 2.60 bits per heavy atom. The van der Waals surface area contributed by atoms with Crippen molar-refractivity contribution < 1.29 is 22.7 Å². The largest absolute Gasteiger partial charge is 0.433 e. The van der Waals surface area contributed by atoms with E-state index in [-0.39, 0.29) is 17.0 Å². The van der Waals surface area contributed by atoms with E-state index in [1.165, 1.54) is 24.3 Å². The zero-order valence-corrected chi connectivity index (χ0v) is 10.0. The Hall–Kier alpha value is -2.57. The number of nitrogens with zero attached hydrogens (tertiary/aromatic N) is 1. The molecular weight excluding hydrogens is 273 g/mol. The molecule has 7 heteroatoms. The molecule has 1 amide bonds. The maximum Gasteiger partial charge on any atom is 0.387 e. The van der Waals surface area contributed by atoms with Crippen LogP contribution in [0.25, 0.3) is 0 Å². The van der Waals surface area contributed by atoms with Crippen LogP contribution in [0.3, 0.4) is 0 Å². The molecule has 0 atom stereocenters. The summed E-state index contributed by atoms with van der Waals surface area (Å²) in [4.78, 5) is 15.2. The van der Waals surface area contributed by atoms with E-state index in [1.54, 1.807) is 6.07 Å². The third-order valence-corrected chi connectivity index (χ3v) is 2.34. The van der Waals surface area contributed by atoms with Gasteiger partial charge in [-0.25, -0.2) is 4.98 Å². The van der Waals surface area contributed by atoms with Crippen LogP contribution in [0, 0.1) is 5.95 Å². The minimum atomic E-state index is -3.00. The van der Waals surface area contributed by atoms with E-state index in [4.69, 9.17) is 0 Å². The Balaban J connectivity index is 2.17. The fourth-order valence-electron chi connectivity index (χ4n) is 1.47. The van der Waals surface area contributed by atoms with Crippen molar-refractivity contribution in [1.29, 1.82) is 0 Å². The highest BCUT2D eigenvalue weighted by molar-refractivity contribution is 6.04. The van der Waals surface area contributed by atoms with Crippen molar-refractivity contribution in [3.8, 4) is 5.75 Å². The molecule has 0 aliphatic rings. The molecule has 104 valence electrons. The van der Waals surface area contributed by atoms with Gasteiger partial charge in [0.2, 0.25) is 5.95 Å². The summed E-state index contributed by atoms with van der Waals surface area (Å²) in [7, 11) is 0. The third kappa shape index (κ3) is 3.47. The molecule has 0 saturated heterocycles. The zero-order chi connectivity index (χ0) is 14.5. The van der Waals surface area contributed by atoms with Crippen LogP contribution in [0.1, 0.15) is 10.4 Å². The van der Waals surface area contributed by atoms with E-state index in [2.05, 4.69) is 15.0 Å². The Bertz CT molecular complexity index is 603. The summed E-state index contributed by atoms with van der Waals surface area (Å²) >= 11 is 0. The molecule has 2 aromatic rings. The van der Waals surface area contributed by atoms with Crippen molar-refractivity contribution in [3.63, 3.8) is 0 Å². The lowest BCUT2D eigenvalue weighted by Gasteiger charge is -2.11. The monoisotopic (exact) mass is 282 g/mol. The van der Waals surface area contributed by atoms with Gasteiger partial charge in [-0.15, -0.1) is 0 Å². The van der Waals surface area contributed by atoms with E-state index in [0.717, 1.165) is 12.3 Å². The maximum absolute atomic E-state index is 12.6. The molecule has 0 aliphatic heterocycles. The average Bonchev–Trinajstić information content (AvgIpc) is 2.41. The van der Waals surface area contributed by atoms with Gasteiger partial charge in [0.25, 0.3) is 5.91 Å². The number of ether oxygens (including phenoxy) is 1. The molecule has 0 radical (unpaired) electrons. The van der Waals surface area contributed by atoms with E-state index in [9.17, 15) is 18.0 Å².